The van der Waals surface area contributed by atoms with Crippen LogP contribution in [0.4, 0.5) is 0 Å². The van der Waals surface area contributed by atoms with Crippen molar-refractivity contribution in [2.24, 2.45) is 0 Å². The van der Waals surface area contributed by atoms with E-state index >= 15 is 0 Å². The molecule has 0 fully saturated rings. The Hall–Kier alpha value is -1.77. The molecule has 0 aliphatic rings. The predicted octanol–water partition coefficient (Wildman–Crippen LogP) is 2.67. The topological polar surface area (TPSA) is 35.5 Å². The van der Waals surface area contributed by atoms with Crippen LogP contribution in [0.2, 0.25) is 0 Å². The Morgan fingerprint density at radius 1 is 1.31 bits per heavy atom. The largest absolute Gasteiger partial charge is 0.498 e. The van der Waals surface area contributed by atoms with Gasteiger partial charge in [-0.1, -0.05) is 30.3 Å². The molecule has 0 aromatic heterocycles. The summed E-state index contributed by atoms with van der Waals surface area (Å²) in [5, 5.41) is 0. The van der Waals surface area contributed by atoms with Crippen LogP contribution < -0.4 is 0 Å². The van der Waals surface area contributed by atoms with Crippen molar-refractivity contribution in [3.63, 3.8) is 0 Å². The molecule has 0 saturated carbocycles. The molecular weight excluding hydrogens is 204 g/mol. The van der Waals surface area contributed by atoms with Crippen LogP contribution in [0.25, 0.3) is 0 Å². The highest BCUT2D eigenvalue weighted by Crippen LogP contribution is 2.01. The first-order valence-electron chi connectivity index (χ1n) is 5.21. The van der Waals surface area contributed by atoms with Gasteiger partial charge in [-0.25, -0.2) is 4.79 Å². The molecule has 0 saturated heterocycles. The van der Waals surface area contributed by atoms with Gasteiger partial charge in [0, 0.05) is 0 Å². The van der Waals surface area contributed by atoms with E-state index in [4.69, 9.17) is 9.47 Å². The number of benzene rings is 1. The Morgan fingerprint density at radius 2 is 2.00 bits per heavy atom. The average molecular weight is 220 g/mol. The number of rotatable bonds is 5. The Balaban J connectivity index is 2.28. The van der Waals surface area contributed by atoms with Crippen molar-refractivity contribution < 1.29 is 14.3 Å². The van der Waals surface area contributed by atoms with Crippen LogP contribution >= 0.6 is 0 Å². The van der Waals surface area contributed by atoms with Crippen molar-refractivity contribution in [2.75, 3.05) is 0 Å². The number of esters is 1. The summed E-state index contributed by atoms with van der Waals surface area (Å²) in [6.07, 6.45) is 2.71. The van der Waals surface area contributed by atoms with Gasteiger partial charge >= 0.3 is 5.97 Å². The average Bonchev–Trinajstić information content (AvgIpc) is 2.27. The van der Waals surface area contributed by atoms with E-state index < -0.39 is 5.97 Å². The van der Waals surface area contributed by atoms with Crippen LogP contribution in [0.5, 0.6) is 0 Å². The summed E-state index contributed by atoms with van der Waals surface area (Å²) in [5.41, 5.74) is 0.967. The van der Waals surface area contributed by atoms with E-state index in [1.54, 1.807) is 0 Å². The highest BCUT2D eigenvalue weighted by Gasteiger charge is 1.98. The maximum atomic E-state index is 11.2. The summed E-state index contributed by atoms with van der Waals surface area (Å²) in [5.74, 6) is -0.399. The van der Waals surface area contributed by atoms with E-state index in [1.807, 2.05) is 44.2 Å². The predicted molar refractivity (Wildman–Crippen MR) is 61.6 cm³/mol. The fraction of sp³-hybridized carbons (Fsp3) is 0.308. The summed E-state index contributed by atoms with van der Waals surface area (Å²) in [6.45, 7) is 4.06. The Labute approximate surface area is 95.7 Å². The van der Waals surface area contributed by atoms with E-state index in [-0.39, 0.29) is 12.7 Å². The molecular formula is C13H16O3. The number of carbonyl (C=O) groups is 1. The lowest BCUT2D eigenvalue weighted by molar-refractivity contribution is -0.139. The van der Waals surface area contributed by atoms with E-state index in [2.05, 4.69) is 0 Å². The highest BCUT2D eigenvalue weighted by atomic mass is 16.5. The van der Waals surface area contributed by atoms with Gasteiger partial charge in [0.1, 0.15) is 6.61 Å². The second-order valence-corrected chi connectivity index (χ2v) is 3.58. The molecule has 16 heavy (non-hydrogen) atoms. The first-order valence-corrected chi connectivity index (χ1v) is 5.21. The first kappa shape index (κ1) is 12.3. The van der Waals surface area contributed by atoms with Crippen molar-refractivity contribution in [1.82, 2.24) is 0 Å². The Morgan fingerprint density at radius 3 is 2.62 bits per heavy atom. The second kappa shape index (κ2) is 6.67. The van der Waals surface area contributed by atoms with Crippen molar-refractivity contribution in [3.05, 3.63) is 48.2 Å². The standard InChI is InChI=1S/C13H16O3/c1-11(2)15-9-8-13(14)16-10-12-6-4-3-5-7-12/h3-9,11H,10H2,1-2H3/b9-8+. The molecule has 1 aromatic rings. The molecule has 3 nitrogen and oxygen atoms in total. The van der Waals surface area contributed by atoms with Gasteiger partial charge in [0.05, 0.1) is 18.4 Å². The molecule has 0 unspecified atom stereocenters. The third-order valence-corrected chi connectivity index (χ3v) is 1.78. The molecule has 0 spiro atoms. The molecule has 1 rings (SSSR count). The summed E-state index contributed by atoms with van der Waals surface area (Å²) in [7, 11) is 0. The highest BCUT2D eigenvalue weighted by molar-refractivity contribution is 5.81. The fourth-order valence-electron chi connectivity index (χ4n) is 1.03. The summed E-state index contributed by atoms with van der Waals surface area (Å²) >= 11 is 0. The van der Waals surface area contributed by atoms with E-state index in [9.17, 15) is 4.79 Å². The Bertz CT molecular complexity index is 341. The molecule has 0 aliphatic carbocycles. The first-order chi connectivity index (χ1) is 7.68. The third kappa shape index (κ3) is 5.20. The van der Waals surface area contributed by atoms with Gasteiger partial charge in [-0.05, 0) is 19.4 Å². The van der Waals surface area contributed by atoms with Gasteiger partial charge in [-0.3, -0.25) is 0 Å². The van der Waals surface area contributed by atoms with Gasteiger partial charge in [-0.2, -0.15) is 0 Å². The van der Waals surface area contributed by atoms with Crippen LogP contribution in [0.15, 0.2) is 42.7 Å². The maximum absolute atomic E-state index is 11.2. The SMILES string of the molecule is CC(C)O/C=C/C(=O)OCc1ccccc1. The Kier molecular flexibility index (Phi) is 5.12. The number of hydrogen-bond donors (Lipinski definition) is 0. The normalized spacial score (nSPS) is 10.7. The molecule has 0 aliphatic heterocycles. The van der Waals surface area contributed by atoms with Crippen LogP contribution in [0.1, 0.15) is 19.4 Å². The molecule has 3 heteroatoms. The van der Waals surface area contributed by atoms with Gasteiger partial charge in [0.25, 0.3) is 0 Å². The van der Waals surface area contributed by atoms with Crippen molar-refractivity contribution >= 4 is 5.97 Å². The summed E-state index contributed by atoms with van der Waals surface area (Å²) in [6, 6.07) is 9.53. The van der Waals surface area contributed by atoms with Crippen LogP contribution in [0, 0.1) is 0 Å². The van der Waals surface area contributed by atoms with Crippen LogP contribution in [-0.4, -0.2) is 12.1 Å². The van der Waals surface area contributed by atoms with Crippen LogP contribution in [-0.2, 0) is 20.9 Å². The lowest BCUT2D eigenvalue weighted by Gasteiger charge is -2.03. The molecule has 0 heterocycles. The zero-order valence-electron chi connectivity index (χ0n) is 9.55. The van der Waals surface area contributed by atoms with Crippen LogP contribution in [0.3, 0.4) is 0 Å². The summed E-state index contributed by atoms with van der Waals surface area (Å²) in [4.78, 5) is 11.2. The fourth-order valence-corrected chi connectivity index (χ4v) is 1.03. The molecule has 0 amide bonds. The molecule has 86 valence electrons. The van der Waals surface area contributed by atoms with Crippen molar-refractivity contribution in [1.29, 1.82) is 0 Å². The minimum Gasteiger partial charge on any atom is -0.498 e. The van der Waals surface area contributed by atoms with E-state index in [0.29, 0.717) is 0 Å². The van der Waals surface area contributed by atoms with Crippen molar-refractivity contribution in [2.45, 2.75) is 26.6 Å². The van der Waals surface area contributed by atoms with Gasteiger partial charge < -0.3 is 9.47 Å². The number of carbonyl (C=O) groups excluding carboxylic acids is 1. The summed E-state index contributed by atoms with van der Waals surface area (Å²) < 4.78 is 10.1. The zero-order chi connectivity index (χ0) is 11.8. The number of ether oxygens (including phenoxy) is 2. The van der Waals surface area contributed by atoms with Gasteiger partial charge in [-0.15, -0.1) is 0 Å². The number of hydrogen-bond acceptors (Lipinski definition) is 3. The zero-order valence-corrected chi connectivity index (χ0v) is 9.55. The minimum atomic E-state index is -0.399. The van der Waals surface area contributed by atoms with E-state index in [0.717, 1.165) is 5.56 Å². The molecule has 0 atom stereocenters. The molecule has 1 aromatic carbocycles. The van der Waals surface area contributed by atoms with Gasteiger partial charge in [0.15, 0.2) is 0 Å². The smallest absolute Gasteiger partial charge is 0.334 e. The lowest BCUT2D eigenvalue weighted by atomic mass is 10.2. The minimum absolute atomic E-state index is 0.0678. The molecule has 0 radical (unpaired) electrons. The quantitative estimate of drug-likeness (QED) is 0.435. The van der Waals surface area contributed by atoms with Crippen molar-refractivity contribution in [3.8, 4) is 0 Å². The lowest BCUT2D eigenvalue weighted by Crippen LogP contribution is -2.02. The third-order valence-electron chi connectivity index (χ3n) is 1.78. The van der Waals surface area contributed by atoms with Gasteiger partial charge in [0.2, 0.25) is 0 Å². The maximum Gasteiger partial charge on any atom is 0.334 e. The molecule has 0 bridgehead atoms. The molecule has 0 N–H and O–H groups in total. The monoisotopic (exact) mass is 220 g/mol. The second-order valence-electron chi connectivity index (χ2n) is 3.58. The van der Waals surface area contributed by atoms with E-state index in [1.165, 1.54) is 12.3 Å².